The number of amides is 1. The first kappa shape index (κ1) is 16.4. The van der Waals surface area contributed by atoms with E-state index < -0.39 is 0 Å². The molecule has 0 aromatic rings. The van der Waals surface area contributed by atoms with Gasteiger partial charge >= 0.3 is 5.97 Å². The van der Waals surface area contributed by atoms with Gasteiger partial charge in [0, 0.05) is 12.5 Å². The summed E-state index contributed by atoms with van der Waals surface area (Å²) in [5, 5.41) is 3.28. The van der Waals surface area contributed by atoms with Crippen LogP contribution in [0.15, 0.2) is 0 Å². The number of hydrogen-bond acceptors (Lipinski definition) is 3. The van der Waals surface area contributed by atoms with Crippen LogP contribution >= 0.6 is 0 Å². The van der Waals surface area contributed by atoms with E-state index in [2.05, 4.69) is 19.2 Å². The lowest BCUT2D eigenvalue weighted by Gasteiger charge is -2.60. The summed E-state index contributed by atoms with van der Waals surface area (Å²) < 4.78 is 5.12. The van der Waals surface area contributed by atoms with Gasteiger partial charge in [-0.05, 0) is 73.5 Å². The molecule has 0 unspecified atom stereocenters. The van der Waals surface area contributed by atoms with Gasteiger partial charge in [-0.15, -0.1) is 0 Å². The fourth-order valence-corrected chi connectivity index (χ4v) is 7.23. The first-order valence-electron chi connectivity index (χ1n) is 9.77. The van der Waals surface area contributed by atoms with Crippen molar-refractivity contribution in [2.45, 2.75) is 71.3 Å². The summed E-state index contributed by atoms with van der Waals surface area (Å²) in [5.74, 6) is 2.40. The molecule has 1 N–H and O–H groups in total. The average Bonchev–Trinajstić information content (AvgIpc) is 2.92. The number of carbonyl (C=O) groups is 2. The molecule has 1 amide bonds. The zero-order chi connectivity index (χ0) is 17.1. The molecular weight excluding hydrogens is 302 g/mol. The summed E-state index contributed by atoms with van der Waals surface area (Å²) in [5.41, 5.74) is 0.372. The lowest BCUT2D eigenvalue weighted by molar-refractivity contribution is -0.155. The number of ether oxygens (including phenoxy) is 1. The van der Waals surface area contributed by atoms with Gasteiger partial charge in [-0.2, -0.15) is 0 Å². The van der Waals surface area contributed by atoms with E-state index in [0.29, 0.717) is 24.3 Å². The molecule has 4 fully saturated rings. The molecule has 0 aromatic heterocycles. The van der Waals surface area contributed by atoms with Crippen molar-refractivity contribution >= 4 is 11.9 Å². The summed E-state index contributed by atoms with van der Waals surface area (Å²) in [7, 11) is 1.53. The Kier molecular flexibility index (Phi) is 3.74. The van der Waals surface area contributed by atoms with Crippen LogP contribution in [0.1, 0.15) is 65.2 Å². The molecule has 1 aliphatic heterocycles. The Balaban J connectivity index is 1.61. The Morgan fingerprint density at radius 3 is 2.54 bits per heavy atom. The van der Waals surface area contributed by atoms with Gasteiger partial charge in [-0.25, -0.2) is 0 Å². The maximum absolute atomic E-state index is 12.3. The summed E-state index contributed by atoms with van der Waals surface area (Å²) in [4.78, 5) is 24.1. The highest BCUT2D eigenvalue weighted by atomic mass is 16.5. The third-order valence-electron chi connectivity index (χ3n) is 8.58. The van der Waals surface area contributed by atoms with Crippen LogP contribution in [0.3, 0.4) is 0 Å². The number of hydrogen-bond donors (Lipinski definition) is 1. The van der Waals surface area contributed by atoms with E-state index in [-0.39, 0.29) is 28.6 Å². The second kappa shape index (κ2) is 5.47. The van der Waals surface area contributed by atoms with Crippen molar-refractivity contribution in [3.05, 3.63) is 0 Å². The third-order valence-corrected chi connectivity index (χ3v) is 8.58. The van der Waals surface area contributed by atoms with Crippen molar-refractivity contribution in [1.82, 2.24) is 5.32 Å². The smallest absolute Gasteiger partial charge is 0.309 e. The fraction of sp³-hybridized carbons (Fsp3) is 0.900. The normalized spacial score (nSPS) is 50.3. The Hall–Kier alpha value is -1.06. The van der Waals surface area contributed by atoms with E-state index in [1.807, 2.05) is 0 Å². The molecule has 3 saturated carbocycles. The second-order valence-electron chi connectivity index (χ2n) is 9.28. The molecule has 0 aromatic carbocycles. The van der Waals surface area contributed by atoms with Crippen LogP contribution in [0.2, 0.25) is 0 Å². The van der Waals surface area contributed by atoms with E-state index in [1.165, 1.54) is 26.4 Å². The van der Waals surface area contributed by atoms with Crippen LogP contribution in [0.4, 0.5) is 0 Å². The topological polar surface area (TPSA) is 55.4 Å². The van der Waals surface area contributed by atoms with Gasteiger partial charge in [0.15, 0.2) is 0 Å². The SMILES string of the molecule is COC(=O)[C@H]1CC[C@H]2[C@@H]3CC[C@@H]4NC(=O)CC[C@]4(C)[C@H]3CC[C@]12C. The number of methoxy groups -OCH3 is 1. The monoisotopic (exact) mass is 333 g/mol. The molecule has 4 aliphatic rings. The van der Waals surface area contributed by atoms with E-state index in [4.69, 9.17) is 4.74 Å². The van der Waals surface area contributed by atoms with Gasteiger partial charge in [-0.1, -0.05) is 13.8 Å². The largest absolute Gasteiger partial charge is 0.469 e. The number of carbonyl (C=O) groups excluding carboxylic acids is 2. The lowest BCUT2D eigenvalue weighted by Crippen LogP contribution is -2.61. The molecule has 3 aliphatic carbocycles. The molecule has 0 bridgehead atoms. The van der Waals surface area contributed by atoms with Crippen molar-refractivity contribution in [2.24, 2.45) is 34.5 Å². The Bertz CT molecular complexity index is 561. The number of rotatable bonds is 1. The number of fused-ring (bicyclic) bond motifs is 5. The first-order valence-corrected chi connectivity index (χ1v) is 9.77. The molecule has 4 nitrogen and oxygen atoms in total. The molecule has 4 heteroatoms. The predicted octanol–water partition coefficient (Wildman–Crippen LogP) is 3.30. The molecule has 1 saturated heterocycles. The minimum absolute atomic E-state index is 0.00303. The average molecular weight is 333 g/mol. The molecule has 4 rings (SSSR count). The molecule has 24 heavy (non-hydrogen) atoms. The van der Waals surface area contributed by atoms with Crippen LogP contribution in [0.25, 0.3) is 0 Å². The summed E-state index contributed by atoms with van der Waals surface area (Å²) in [6.45, 7) is 4.77. The fourth-order valence-electron chi connectivity index (χ4n) is 7.23. The van der Waals surface area contributed by atoms with Crippen LogP contribution in [-0.2, 0) is 14.3 Å². The van der Waals surface area contributed by atoms with E-state index in [9.17, 15) is 9.59 Å². The van der Waals surface area contributed by atoms with Crippen LogP contribution in [0, 0.1) is 34.5 Å². The van der Waals surface area contributed by atoms with E-state index in [0.717, 1.165) is 31.6 Å². The minimum Gasteiger partial charge on any atom is -0.469 e. The van der Waals surface area contributed by atoms with Gasteiger partial charge in [0.1, 0.15) is 0 Å². The predicted molar refractivity (Wildman–Crippen MR) is 91.1 cm³/mol. The van der Waals surface area contributed by atoms with Gasteiger partial charge in [-0.3, -0.25) is 9.59 Å². The Labute approximate surface area is 145 Å². The zero-order valence-electron chi connectivity index (χ0n) is 15.3. The standard InChI is InChI=1S/C20H31NO3/c1-19-10-8-14-12(13(19)5-6-15(19)18(23)24-3)4-7-16-20(14,2)11-9-17(22)21-16/h12-16H,4-11H2,1-3H3,(H,21,22)/t12-,13-,14-,15+,16-,19-,20+/m0/s1. The molecule has 134 valence electrons. The number of nitrogens with one attached hydrogen (secondary N) is 1. The van der Waals surface area contributed by atoms with Crippen molar-refractivity contribution < 1.29 is 14.3 Å². The first-order chi connectivity index (χ1) is 11.4. The van der Waals surface area contributed by atoms with Crippen molar-refractivity contribution in [3.8, 4) is 0 Å². The summed E-state index contributed by atoms with van der Waals surface area (Å²) >= 11 is 0. The van der Waals surface area contributed by atoms with Crippen molar-refractivity contribution in [1.29, 1.82) is 0 Å². The van der Waals surface area contributed by atoms with E-state index in [1.54, 1.807) is 0 Å². The Morgan fingerprint density at radius 2 is 1.79 bits per heavy atom. The zero-order valence-corrected chi connectivity index (χ0v) is 15.3. The van der Waals surface area contributed by atoms with Gasteiger partial charge < -0.3 is 10.1 Å². The summed E-state index contributed by atoms with van der Waals surface area (Å²) in [6, 6.07) is 0.363. The molecule has 0 radical (unpaired) electrons. The van der Waals surface area contributed by atoms with Crippen LogP contribution in [0.5, 0.6) is 0 Å². The highest BCUT2D eigenvalue weighted by Gasteiger charge is 2.61. The molecule has 0 spiro atoms. The van der Waals surface area contributed by atoms with Crippen molar-refractivity contribution in [3.63, 3.8) is 0 Å². The second-order valence-corrected chi connectivity index (χ2v) is 9.28. The number of piperidine rings is 1. The lowest BCUT2D eigenvalue weighted by atomic mass is 9.47. The maximum Gasteiger partial charge on any atom is 0.309 e. The van der Waals surface area contributed by atoms with Crippen molar-refractivity contribution in [2.75, 3.05) is 7.11 Å². The number of esters is 1. The van der Waals surface area contributed by atoms with Crippen LogP contribution < -0.4 is 5.32 Å². The van der Waals surface area contributed by atoms with Gasteiger partial charge in [0.25, 0.3) is 0 Å². The molecule has 1 heterocycles. The van der Waals surface area contributed by atoms with Crippen LogP contribution in [-0.4, -0.2) is 25.0 Å². The van der Waals surface area contributed by atoms with E-state index >= 15 is 0 Å². The summed E-state index contributed by atoms with van der Waals surface area (Å²) in [6.07, 6.45) is 8.54. The van der Waals surface area contributed by atoms with Gasteiger partial charge in [0.2, 0.25) is 5.91 Å². The quantitative estimate of drug-likeness (QED) is 0.749. The highest BCUT2D eigenvalue weighted by Crippen LogP contribution is 2.65. The highest BCUT2D eigenvalue weighted by molar-refractivity contribution is 5.77. The molecule has 7 atom stereocenters. The maximum atomic E-state index is 12.3. The Morgan fingerprint density at radius 1 is 1.04 bits per heavy atom. The minimum atomic E-state index is 0.00303. The van der Waals surface area contributed by atoms with Gasteiger partial charge in [0.05, 0.1) is 13.0 Å². The third kappa shape index (κ3) is 2.10. The molecular formula is C20H31NO3.